The molecule has 0 aromatic rings. The van der Waals surface area contributed by atoms with E-state index in [1.807, 2.05) is 0 Å². The quantitative estimate of drug-likeness (QED) is 0.473. The molecule has 1 unspecified atom stereocenters. The summed E-state index contributed by atoms with van der Waals surface area (Å²) in [4.78, 5) is 0. The van der Waals surface area contributed by atoms with Crippen molar-refractivity contribution < 1.29 is 15.3 Å². The lowest BCUT2D eigenvalue weighted by molar-refractivity contribution is 0.206. The Morgan fingerprint density at radius 1 is 1.33 bits per heavy atom. The van der Waals surface area contributed by atoms with E-state index < -0.39 is 0 Å². The average molecular weight is 132 g/mol. The lowest BCUT2D eigenvalue weighted by Crippen LogP contribution is -2.04. The van der Waals surface area contributed by atoms with E-state index in [4.69, 9.17) is 15.3 Å². The molecule has 0 aromatic heterocycles. The van der Waals surface area contributed by atoms with Gasteiger partial charge in [0, 0.05) is 19.1 Å². The summed E-state index contributed by atoms with van der Waals surface area (Å²) in [6.45, 7) is 0.00713. The fourth-order valence-electron chi connectivity index (χ4n) is 0.536. The molecule has 0 aromatic carbocycles. The zero-order valence-corrected chi connectivity index (χ0v) is 5.20. The van der Waals surface area contributed by atoms with Crippen LogP contribution in [0.5, 0.6) is 0 Å². The van der Waals surface area contributed by atoms with Gasteiger partial charge in [0.1, 0.15) is 0 Å². The van der Waals surface area contributed by atoms with Crippen molar-refractivity contribution >= 4 is 0 Å². The molecule has 0 heterocycles. The summed E-state index contributed by atoms with van der Waals surface area (Å²) in [6.07, 6.45) is 2.83. The Balaban J connectivity index is 3.41. The molecule has 0 aliphatic rings. The lowest BCUT2D eigenvalue weighted by atomic mass is 10.1. The first-order valence-corrected chi connectivity index (χ1v) is 2.87. The maximum atomic E-state index is 8.51. The SMILES string of the molecule is OC=CC(CO)CCO. The highest BCUT2D eigenvalue weighted by atomic mass is 16.3. The first-order chi connectivity index (χ1) is 4.35. The van der Waals surface area contributed by atoms with Crippen molar-refractivity contribution in [2.45, 2.75) is 6.42 Å². The summed E-state index contributed by atoms with van der Waals surface area (Å²) in [5.74, 6) is -0.111. The van der Waals surface area contributed by atoms with Gasteiger partial charge >= 0.3 is 0 Å². The Hall–Kier alpha value is -0.540. The van der Waals surface area contributed by atoms with Crippen molar-refractivity contribution in [1.29, 1.82) is 0 Å². The van der Waals surface area contributed by atoms with Crippen molar-refractivity contribution in [3.63, 3.8) is 0 Å². The first kappa shape index (κ1) is 8.46. The average Bonchev–Trinajstić information content (AvgIpc) is 1.88. The van der Waals surface area contributed by atoms with Gasteiger partial charge in [0.15, 0.2) is 0 Å². The molecule has 0 bridgehead atoms. The van der Waals surface area contributed by atoms with Crippen LogP contribution in [0.4, 0.5) is 0 Å². The summed E-state index contributed by atoms with van der Waals surface area (Å²) >= 11 is 0. The van der Waals surface area contributed by atoms with Crippen LogP contribution in [0, 0.1) is 5.92 Å². The summed E-state index contributed by atoms with van der Waals surface area (Å²) in [6, 6.07) is 0. The second-order valence-electron chi connectivity index (χ2n) is 1.80. The highest BCUT2D eigenvalue weighted by Crippen LogP contribution is 2.01. The van der Waals surface area contributed by atoms with E-state index >= 15 is 0 Å². The molecule has 3 N–H and O–H groups in total. The molecular weight excluding hydrogens is 120 g/mol. The van der Waals surface area contributed by atoms with E-state index in [0.29, 0.717) is 6.42 Å². The van der Waals surface area contributed by atoms with Crippen LogP contribution in [0.25, 0.3) is 0 Å². The van der Waals surface area contributed by atoms with Gasteiger partial charge in [0.25, 0.3) is 0 Å². The minimum absolute atomic E-state index is 0.0301. The maximum absolute atomic E-state index is 8.51. The van der Waals surface area contributed by atoms with Crippen LogP contribution < -0.4 is 0 Å². The van der Waals surface area contributed by atoms with Crippen LogP contribution in [-0.4, -0.2) is 28.5 Å². The number of hydrogen-bond donors (Lipinski definition) is 3. The lowest BCUT2D eigenvalue weighted by Gasteiger charge is -2.03. The van der Waals surface area contributed by atoms with Crippen LogP contribution in [0.2, 0.25) is 0 Å². The fourth-order valence-corrected chi connectivity index (χ4v) is 0.536. The van der Waals surface area contributed by atoms with Gasteiger partial charge in [-0.25, -0.2) is 0 Å². The zero-order chi connectivity index (χ0) is 7.11. The monoisotopic (exact) mass is 132 g/mol. The Morgan fingerprint density at radius 2 is 2.00 bits per heavy atom. The van der Waals surface area contributed by atoms with E-state index in [9.17, 15) is 0 Å². The largest absolute Gasteiger partial charge is 0.516 e. The predicted octanol–water partition coefficient (Wildman–Crippen LogP) is 0.0490. The number of hydrogen-bond acceptors (Lipinski definition) is 3. The molecule has 1 atom stereocenters. The minimum atomic E-state index is -0.111. The third-order valence-corrected chi connectivity index (χ3v) is 1.09. The Kier molecular flexibility index (Phi) is 5.26. The molecule has 0 aliphatic heterocycles. The highest BCUT2D eigenvalue weighted by Gasteiger charge is 1.99. The van der Waals surface area contributed by atoms with Gasteiger partial charge in [-0.05, 0) is 12.5 Å². The molecule has 0 radical (unpaired) electrons. The van der Waals surface area contributed by atoms with Crippen LogP contribution in [0.15, 0.2) is 12.3 Å². The third kappa shape index (κ3) is 4.00. The van der Waals surface area contributed by atoms with Gasteiger partial charge < -0.3 is 15.3 Å². The van der Waals surface area contributed by atoms with Crippen LogP contribution in [0.1, 0.15) is 6.42 Å². The van der Waals surface area contributed by atoms with Crippen LogP contribution >= 0.6 is 0 Å². The Labute approximate surface area is 54.3 Å². The second-order valence-corrected chi connectivity index (χ2v) is 1.80. The third-order valence-electron chi connectivity index (χ3n) is 1.09. The standard InChI is InChI=1S/C6H12O3/c7-3-1-6(5-9)2-4-8/h1,3,6-9H,2,4-5H2. The van der Waals surface area contributed by atoms with E-state index in [0.717, 1.165) is 6.26 Å². The highest BCUT2D eigenvalue weighted by molar-refractivity contribution is 4.81. The van der Waals surface area contributed by atoms with Gasteiger partial charge in [0.2, 0.25) is 0 Å². The van der Waals surface area contributed by atoms with Gasteiger partial charge in [-0.1, -0.05) is 0 Å². The molecule has 0 saturated carbocycles. The second kappa shape index (κ2) is 5.59. The molecule has 3 heteroatoms. The number of aliphatic hydroxyl groups is 3. The van der Waals surface area contributed by atoms with Gasteiger partial charge in [-0.2, -0.15) is 0 Å². The smallest absolute Gasteiger partial charge is 0.0755 e. The summed E-state index contributed by atoms with van der Waals surface area (Å²) in [7, 11) is 0. The molecule has 9 heavy (non-hydrogen) atoms. The molecule has 3 nitrogen and oxygen atoms in total. The van der Waals surface area contributed by atoms with E-state index in [1.54, 1.807) is 0 Å². The van der Waals surface area contributed by atoms with Gasteiger partial charge in [-0.3, -0.25) is 0 Å². The van der Waals surface area contributed by atoms with Crippen molar-refractivity contribution in [1.82, 2.24) is 0 Å². The molecule has 0 saturated heterocycles. The van der Waals surface area contributed by atoms with E-state index in [-0.39, 0.29) is 19.1 Å². The number of aliphatic hydroxyl groups excluding tert-OH is 3. The zero-order valence-electron chi connectivity index (χ0n) is 5.20. The summed E-state index contributed by atoms with van der Waals surface area (Å²) in [5.41, 5.74) is 0. The molecule has 0 spiro atoms. The summed E-state index contributed by atoms with van der Waals surface area (Å²) in [5, 5.41) is 25.1. The first-order valence-electron chi connectivity index (χ1n) is 2.87. The molecular formula is C6H12O3. The van der Waals surface area contributed by atoms with Gasteiger partial charge in [0.05, 0.1) is 6.26 Å². The van der Waals surface area contributed by atoms with Crippen LogP contribution in [0.3, 0.4) is 0 Å². The summed E-state index contributed by atoms with van der Waals surface area (Å²) < 4.78 is 0. The molecule has 0 rings (SSSR count). The van der Waals surface area contributed by atoms with Crippen LogP contribution in [-0.2, 0) is 0 Å². The maximum Gasteiger partial charge on any atom is 0.0755 e. The van der Waals surface area contributed by atoms with Crippen molar-refractivity contribution in [2.75, 3.05) is 13.2 Å². The van der Waals surface area contributed by atoms with Gasteiger partial charge in [-0.15, -0.1) is 0 Å². The topological polar surface area (TPSA) is 60.7 Å². The molecule has 0 aliphatic carbocycles. The fraction of sp³-hybridized carbons (Fsp3) is 0.667. The molecule has 54 valence electrons. The van der Waals surface area contributed by atoms with E-state index in [1.165, 1.54) is 6.08 Å². The minimum Gasteiger partial charge on any atom is -0.516 e. The predicted molar refractivity (Wildman–Crippen MR) is 34.0 cm³/mol. The number of rotatable bonds is 4. The normalized spacial score (nSPS) is 14.4. The van der Waals surface area contributed by atoms with Crippen molar-refractivity contribution in [3.05, 3.63) is 12.3 Å². The molecule has 0 fully saturated rings. The van der Waals surface area contributed by atoms with Crippen molar-refractivity contribution in [2.24, 2.45) is 5.92 Å². The Bertz CT molecular complexity index is 80.4. The van der Waals surface area contributed by atoms with E-state index in [2.05, 4.69) is 0 Å². The Morgan fingerprint density at radius 3 is 2.33 bits per heavy atom. The molecule has 0 amide bonds. The van der Waals surface area contributed by atoms with Crippen molar-refractivity contribution in [3.8, 4) is 0 Å².